The molecule has 0 spiro atoms. The van der Waals surface area contributed by atoms with Gasteiger partial charge in [-0.3, -0.25) is 19.3 Å². The van der Waals surface area contributed by atoms with Gasteiger partial charge < -0.3 is 14.8 Å². The highest BCUT2D eigenvalue weighted by atomic mass is 32.2. The van der Waals surface area contributed by atoms with E-state index < -0.39 is 29.0 Å². The highest BCUT2D eigenvalue weighted by Crippen LogP contribution is 2.41. The number of benzene rings is 1. The van der Waals surface area contributed by atoms with Crippen molar-refractivity contribution in [3.8, 4) is 0 Å². The van der Waals surface area contributed by atoms with E-state index in [0.29, 0.717) is 11.3 Å². The van der Waals surface area contributed by atoms with Crippen LogP contribution in [-0.2, 0) is 35.1 Å². The first kappa shape index (κ1) is 22.9. The van der Waals surface area contributed by atoms with Crippen molar-refractivity contribution in [3.05, 3.63) is 47.2 Å². The van der Waals surface area contributed by atoms with Crippen LogP contribution in [0, 0.1) is 0 Å². The molecule has 166 valence electrons. The van der Waals surface area contributed by atoms with Gasteiger partial charge in [-0.25, -0.2) is 4.79 Å². The molecule has 1 aromatic rings. The van der Waals surface area contributed by atoms with E-state index in [2.05, 4.69) is 5.32 Å². The Morgan fingerprint density at radius 2 is 1.87 bits per heavy atom. The third-order valence-electron chi connectivity index (χ3n) is 4.61. The topological polar surface area (TPSA) is 102 Å². The molecule has 2 atom stereocenters. The van der Waals surface area contributed by atoms with E-state index in [9.17, 15) is 19.2 Å². The summed E-state index contributed by atoms with van der Waals surface area (Å²) in [7, 11) is 0. The smallest absolute Gasteiger partial charge is 0.355 e. The van der Waals surface area contributed by atoms with E-state index in [1.54, 1.807) is 20.8 Å². The number of amides is 2. The molecule has 0 radical (unpaired) electrons. The van der Waals surface area contributed by atoms with Gasteiger partial charge in [0.05, 0.1) is 6.42 Å². The van der Waals surface area contributed by atoms with Crippen LogP contribution in [-0.4, -0.2) is 58.0 Å². The van der Waals surface area contributed by atoms with Crippen molar-refractivity contribution < 1.29 is 28.7 Å². The quantitative estimate of drug-likeness (QED) is 0.525. The monoisotopic (exact) mass is 446 g/mol. The van der Waals surface area contributed by atoms with E-state index in [4.69, 9.17) is 9.47 Å². The standard InChI is InChI=1S/C22H26N2O6S/c1-13(25)29-11-15-12-31-20-17(23-16(26)10-14-8-6-5-7-9-14)19(27)24(20)18(15)21(28)30-22(2,3)4/h5-9,17,20H,10-12H2,1-4H3,(H,23,26)/t17-,20-/m1/s1. The molecule has 1 saturated heterocycles. The number of hydrogen-bond donors (Lipinski definition) is 1. The first-order valence-electron chi connectivity index (χ1n) is 9.93. The zero-order chi connectivity index (χ0) is 22.8. The number of carbonyl (C=O) groups excluding carboxylic acids is 4. The summed E-state index contributed by atoms with van der Waals surface area (Å²) in [5.41, 5.74) is 0.693. The van der Waals surface area contributed by atoms with E-state index in [-0.39, 0.29) is 30.5 Å². The van der Waals surface area contributed by atoms with E-state index in [1.807, 2.05) is 30.3 Å². The number of ether oxygens (including phenoxy) is 2. The molecule has 0 aromatic heterocycles. The molecule has 0 bridgehead atoms. The highest BCUT2D eigenvalue weighted by molar-refractivity contribution is 8.00. The summed E-state index contributed by atoms with van der Waals surface area (Å²) < 4.78 is 10.5. The molecule has 3 rings (SSSR count). The fourth-order valence-electron chi connectivity index (χ4n) is 3.30. The van der Waals surface area contributed by atoms with Gasteiger partial charge in [-0.1, -0.05) is 30.3 Å². The fourth-order valence-corrected chi connectivity index (χ4v) is 4.63. The lowest BCUT2D eigenvalue weighted by atomic mass is 10.0. The molecular formula is C22H26N2O6S. The minimum absolute atomic E-state index is 0.0958. The van der Waals surface area contributed by atoms with Gasteiger partial charge in [0.2, 0.25) is 5.91 Å². The molecule has 8 nitrogen and oxygen atoms in total. The van der Waals surface area contributed by atoms with Crippen LogP contribution in [0.3, 0.4) is 0 Å². The van der Waals surface area contributed by atoms with Gasteiger partial charge in [0.25, 0.3) is 5.91 Å². The second-order valence-corrected chi connectivity index (χ2v) is 9.46. The summed E-state index contributed by atoms with van der Waals surface area (Å²) in [6, 6.07) is 8.51. The third-order valence-corrected chi connectivity index (χ3v) is 5.95. The molecule has 1 N–H and O–H groups in total. The van der Waals surface area contributed by atoms with Crippen LogP contribution in [0.2, 0.25) is 0 Å². The van der Waals surface area contributed by atoms with Crippen molar-refractivity contribution >= 4 is 35.5 Å². The van der Waals surface area contributed by atoms with Crippen LogP contribution in [0.15, 0.2) is 41.6 Å². The second kappa shape index (κ2) is 9.13. The number of fused-ring (bicyclic) bond motifs is 1. The number of nitrogens with zero attached hydrogens (tertiary/aromatic N) is 1. The van der Waals surface area contributed by atoms with Crippen LogP contribution in [0.25, 0.3) is 0 Å². The van der Waals surface area contributed by atoms with Gasteiger partial charge in [-0.15, -0.1) is 11.8 Å². The Bertz CT molecular complexity index is 922. The van der Waals surface area contributed by atoms with Gasteiger partial charge >= 0.3 is 11.9 Å². The molecule has 2 amide bonds. The Kier molecular flexibility index (Phi) is 6.74. The maximum absolute atomic E-state index is 12.9. The van der Waals surface area contributed by atoms with Crippen LogP contribution < -0.4 is 5.32 Å². The van der Waals surface area contributed by atoms with Gasteiger partial charge in [0.15, 0.2) is 0 Å². The first-order valence-corrected chi connectivity index (χ1v) is 11.0. The second-order valence-electron chi connectivity index (χ2n) is 8.35. The fraction of sp³-hybridized carbons (Fsp3) is 0.455. The van der Waals surface area contributed by atoms with Crippen molar-refractivity contribution in [1.82, 2.24) is 10.2 Å². The Balaban J connectivity index is 1.75. The summed E-state index contributed by atoms with van der Waals surface area (Å²) >= 11 is 1.41. The van der Waals surface area contributed by atoms with Crippen LogP contribution in [0.5, 0.6) is 0 Å². The maximum Gasteiger partial charge on any atom is 0.355 e. The molecule has 0 aliphatic carbocycles. The minimum atomic E-state index is -0.756. The Hall–Kier alpha value is -2.81. The largest absolute Gasteiger partial charge is 0.461 e. The minimum Gasteiger partial charge on any atom is -0.461 e. The summed E-state index contributed by atoms with van der Waals surface area (Å²) in [6.45, 7) is 6.38. The van der Waals surface area contributed by atoms with Crippen LogP contribution in [0.1, 0.15) is 33.3 Å². The number of β-lactam (4-membered cyclic amide) rings is 1. The SMILES string of the molecule is CC(=O)OCC1=C(C(=O)OC(C)(C)C)N2C(=O)[C@@H](NC(=O)Cc3ccccc3)[C@H]2SC1. The molecule has 2 heterocycles. The summed E-state index contributed by atoms with van der Waals surface area (Å²) in [6.07, 6.45) is 0.161. The first-order chi connectivity index (χ1) is 14.6. The van der Waals surface area contributed by atoms with E-state index in [1.165, 1.54) is 23.6 Å². The average molecular weight is 447 g/mol. The van der Waals surface area contributed by atoms with E-state index in [0.717, 1.165) is 5.56 Å². The lowest BCUT2D eigenvalue weighted by molar-refractivity contribution is -0.159. The number of nitrogens with one attached hydrogen (secondary N) is 1. The molecule has 9 heteroatoms. The van der Waals surface area contributed by atoms with Crippen molar-refractivity contribution in [3.63, 3.8) is 0 Å². The summed E-state index contributed by atoms with van der Waals surface area (Å²) in [5.74, 6) is -1.41. The zero-order valence-electron chi connectivity index (χ0n) is 18.0. The number of hydrogen-bond acceptors (Lipinski definition) is 7. The Morgan fingerprint density at radius 3 is 2.48 bits per heavy atom. The van der Waals surface area contributed by atoms with Crippen LogP contribution in [0.4, 0.5) is 0 Å². The van der Waals surface area contributed by atoms with Crippen molar-refractivity contribution in [2.75, 3.05) is 12.4 Å². The molecule has 1 fully saturated rings. The number of rotatable bonds is 6. The molecule has 2 aliphatic heterocycles. The highest BCUT2D eigenvalue weighted by Gasteiger charge is 2.54. The third kappa shape index (κ3) is 5.46. The van der Waals surface area contributed by atoms with Gasteiger partial charge in [0, 0.05) is 18.2 Å². The molecule has 31 heavy (non-hydrogen) atoms. The van der Waals surface area contributed by atoms with Crippen molar-refractivity contribution in [2.24, 2.45) is 0 Å². The number of carbonyl (C=O) groups is 4. The van der Waals surface area contributed by atoms with Gasteiger partial charge in [-0.05, 0) is 26.3 Å². The van der Waals surface area contributed by atoms with Crippen LogP contribution >= 0.6 is 11.8 Å². The molecular weight excluding hydrogens is 420 g/mol. The van der Waals surface area contributed by atoms with Crippen molar-refractivity contribution in [1.29, 1.82) is 0 Å². The predicted molar refractivity (Wildman–Crippen MR) is 115 cm³/mol. The molecule has 2 aliphatic rings. The number of esters is 2. The summed E-state index contributed by atoms with van der Waals surface area (Å²) in [5, 5.41) is 2.36. The molecule has 1 aromatic carbocycles. The average Bonchev–Trinajstić information content (AvgIpc) is 2.69. The molecule has 0 unspecified atom stereocenters. The predicted octanol–water partition coefficient (Wildman–Crippen LogP) is 1.79. The van der Waals surface area contributed by atoms with Gasteiger partial charge in [0.1, 0.15) is 29.3 Å². The zero-order valence-corrected chi connectivity index (χ0v) is 18.8. The van der Waals surface area contributed by atoms with Crippen molar-refractivity contribution in [2.45, 2.75) is 51.1 Å². The van der Waals surface area contributed by atoms with Gasteiger partial charge in [-0.2, -0.15) is 0 Å². The normalized spacial score (nSPS) is 20.5. The Labute approximate surface area is 185 Å². The lowest BCUT2D eigenvalue weighted by Gasteiger charge is -2.49. The summed E-state index contributed by atoms with van der Waals surface area (Å²) in [4.78, 5) is 50.8. The molecule has 0 saturated carbocycles. The maximum atomic E-state index is 12.9. The number of thioether (sulfide) groups is 1. The Morgan fingerprint density at radius 1 is 1.19 bits per heavy atom. The van der Waals surface area contributed by atoms with E-state index >= 15 is 0 Å². The lowest BCUT2D eigenvalue weighted by Crippen LogP contribution is -2.71.